The molecule has 1 unspecified atom stereocenters. The third-order valence-electron chi connectivity index (χ3n) is 3.18. The van der Waals surface area contributed by atoms with Gasteiger partial charge in [0.2, 0.25) is 0 Å². The monoisotopic (exact) mass is 384 g/mol. The molecule has 0 bridgehead atoms. The molecule has 0 aliphatic carbocycles. The Kier molecular flexibility index (Phi) is 7.68. The summed E-state index contributed by atoms with van der Waals surface area (Å²) in [4.78, 5) is 11.7. The number of esters is 1. The molecule has 6 nitrogen and oxygen atoms in total. The quantitative estimate of drug-likeness (QED) is 0.370. The maximum absolute atomic E-state index is 12.4. The van der Waals surface area contributed by atoms with Crippen LogP contribution in [-0.4, -0.2) is 39.7 Å². The molecule has 1 aromatic rings. The number of hydrogen-bond acceptors (Lipinski definition) is 6. The molecule has 25 heavy (non-hydrogen) atoms. The van der Waals surface area contributed by atoms with Crippen LogP contribution in [0.5, 0.6) is 5.75 Å². The smallest absolute Gasteiger partial charge is 0.496 e. The van der Waals surface area contributed by atoms with E-state index in [4.69, 9.17) is 4.74 Å². The maximum atomic E-state index is 12.4. The van der Waals surface area contributed by atoms with Crippen LogP contribution in [0.15, 0.2) is 24.3 Å². The topological polar surface area (TPSA) is 78.9 Å². The van der Waals surface area contributed by atoms with Crippen molar-refractivity contribution in [2.24, 2.45) is 0 Å². The van der Waals surface area contributed by atoms with Crippen LogP contribution >= 0.6 is 0 Å². The highest BCUT2D eigenvalue weighted by Gasteiger charge is 2.49. The summed E-state index contributed by atoms with van der Waals surface area (Å²) in [5.74, 6) is -0.575. The molecule has 10 heteroatoms. The first-order valence-corrected chi connectivity index (χ1v) is 8.81. The van der Waals surface area contributed by atoms with Gasteiger partial charge in [0.25, 0.3) is 0 Å². The summed E-state index contributed by atoms with van der Waals surface area (Å²) in [6.45, 7) is 1.33. The Labute approximate surface area is 144 Å². The molecule has 0 fully saturated rings. The number of carbonyl (C=O) groups is 1. The van der Waals surface area contributed by atoms with Crippen LogP contribution in [0, 0.1) is 0 Å². The van der Waals surface area contributed by atoms with Gasteiger partial charge in [0.05, 0.1) is 13.7 Å². The SMILES string of the molecule is CCOC(=O)C(CCCc1ccccc1OC)OS(=O)(=O)C(F)(F)F. The third kappa shape index (κ3) is 6.20. The number of methoxy groups -OCH3 is 1. The Balaban J connectivity index is 2.79. The first kappa shape index (κ1) is 21.2. The van der Waals surface area contributed by atoms with E-state index >= 15 is 0 Å². The molecule has 0 aliphatic rings. The molecule has 1 aromatic carbocycles. The van der Waals surface area contributed by atoms with Gasteiger partial charge in [0.1, 0.15) is 5.75 Å². The van der Waals surface area contributed by atoms with E-state index in [1.807, 2.05) is 0 Å². The van der Waals surface area contributed by atoms with Crippen molar-refractivity contribution in [2.45, 2.75) is 37.8 Å². The van der Waals surface area contributed by atoms with Gasteiger partial charge in [0, 0.05) is 0 Å². The Morgan fingerprint density at radius 3 is 2.44 bits per heavy atom. The van der Waals surface area contributed by atoms with Gasteiger partial charge in [-0.1, -0.05) is 18.2 Å². The number of ether oxygens (including phenoxy) is 2. The van der Waals surface area contributed by atoms with E-state index in [0.29, 0.717) is 12.2 Å². The lowest BCUT2D eigenvalue weighted by atomic mass is 10.1. The van der Waals surface area contributed by atoms with Crippen LogP contribution in [0.4, 0.5) is 13.2 Å². The predicted molar refractivity (Wildman–Crippen MR) is 82.4 cm³/mol. The largest absolute Gasteiger partial charge is 0.523 e. The number of para-hydroxylation sites is 1. The highest BCUT2D eigenvalue weighted by Crippen LogP contribution is 2.27. The second-order valence-electron chi connectivity index (χ2n) is 4.94. The third-order valence-corrected chi connectivity index (χ3v) is 4.23. The lowest BCUT2D eigenvalue weighted by Crippen LogP contribution is -2.35. The fraction of sp³-hybridized carbons (Fsp3) is 0.533. The van der Waals surface area contributed by atoms with Crippen LogP contribution in [-0.2, 0) is 30.3 Å². The number of aryl methyl sites for hydroxylation is 1. The molecule has 0 spiro atoms. The summed E-state index contributed by atoms with van der Waals surface area (Å²) in [7, 11) is -4.42. The molecule has 0 aliphatic heterocycles. The summed E-state index contributed by atoms with van der Waals surface area (Å²) in [6, 6.07) is 6.97. The van der Waals surface area contributed by atoms with Crippen molar-refractivity contribution >= 4 is 16.1 Å². The molecular weight excluding hydrogens is 365 g/mol. The minimum Gasteiger partial charge on any atom is -0.496 e. The number of halogens is 3. The van der Waals surface area contributed by atoms with Crippen molar-refractivity contribution in [2.75, 3.05) is 13.7 Å². The average molecular weight is 384 g/mol. The number of rotatable bonds is 9. The molecule has 0 heterocycles. The normalized spacial score (nSPS) is 13.3. The van der Waals surface area contributed by atoms with Crippen molar-refractivity contribution in [3.8, 4) is 5.75 Å². The fourth-order valence-corrected chi connectivity index (χ4v) is 2.63. The molecule has 0 saturated heterocycles. The van der Waals surface area contributed by atoms with Crippen LogP contribution in [0.3, 0.4) is 0 Å². The molecule has 0 aromatic heterocycles. The molecule has 0 N–H and O–H groups in total. The van der Waals surface area contributed by atoms with Crippen LogP contribution in [0.25, 0.3) is 0 Å². The van der Waals surface area contributed by atoms with Crippen molar-refractivity contribution in [3.63, 3.8) is 0 Å². The van der Waals surface area contributed by atoms with Gasteiger partial charge in [-0.15, -0.1) is 0 Å². The molecule has 1 atom stereocenters. The van der Waals surface area contributed by atoms with Crippen molar-refractivity contribution in [1.29, 1.82) is 0 Å². The van der Waals surface area contributed by atoms with Gasteiger partial charge in [-0.3, -0.25) is 0 Å². The van der Waals surface area contributed by atoms with E-state index in [0.717, 1.165) is 5.56 Å². The summed E-state index contributed by atoms with van der Waals surface area (Å²) < 4.78 is 73.4. The van der Waals surface area contributed by atoms with Gasteiger partial charge in [-0.25, -0.2) is 8.98 Å². The first-order chi connectivity index (χ1) is 11.6. The number of carbonyl (C=O) groups excluding carboxylic acids is 1. The van der Waals surface area contributed by atoms with Gasteiger partial charge in [-0.05, 0) is 37.8 Å². The Morgan fingerprint density at radius 1 is 1.24 bits per heavy atom. The number of hydrogen-bond donors (Lipinski definition) is 0. The van der Waals surface area contributed by atoms with Gasteiger partial charge >= 0.3 is 21.6 Å². The first-order valence-electron chi connectivity index (χ1n) is 7.40. The summed E-state index contributed by atoms with van der Waals surface area (Å²) in [5.41, 5.74) is -4.84. The van der Waals surface area contributed by atoms with Gasteiger partial charge < -0.3 is 9.47 Å². The van der Waals surface area contributed by atoms with Gasteiger partial charge in [0.15, 0.2) is 6.10 Å². The Hall–Kier alpha value is -1.81. The summed E-state index contributed by atoms with van der Waals surface area (Å²) in [5, 5.41) is 0. The Bertz CT molecular complexity index is 672. The zero-order valence-electron chi connectivity index (χ0n) is 13.7. The van der Waals surface area contributed by atoms with Crippen LogP contribution in [0.2, 0.25) is 0 Å². The minimum absolute atomic E-state index is 0.114. The van der Waals surface area contributed by atoms with Gasteiger partial charge in [-0.2, -0.15) is 21.6 Å². The molecule has 0 radical (unpaired) electrons. The molecule has 1 rings (SSSR count). The van der Waals surface area contributed by atoms with Crippen molar-refractivity contribution in [3.05, 3.63) is 29.8 Å². The van der Waals surface area contributed by atoms with E-state index in [9.17, 15) is 26.4 Å². The predicted octanol–water partition coefficient (Wildman–Crippen LogP) is 2.82. The van der Waals surface area contributed by atoms with E-state index < -0.39 is 27.7 Å². The Morgan fingerprint density at radius 2 is 1.88 bits per heavy atom. The average Bonchev–Trinajstić information content (AvgIpc) is 2.53. The zero-order chi connectivity index (χ0) is 19.1. The second-order valence-corrected chi connectivity index (χ2v) is 6.50. The number of benzene rings is 1. The highest BCUT2D eigenvalue weighted by molar-refractivity contribution is 7.87. The second kappa shape index (κ2) is 9.04. The van der Waals surface area contributed by atoms with Crippen molar-refractivity contribution < 1.29 is 40.0 Å². The molecule has 142 valence electrons. The standard InChI is InChI=1S/C15H19F3O6S/c1-3-23-14(19)13(24-25(20,21)15(16,17)18)10-6-8-11-7-4-5-9-12(11)22-2/h4-5,7,9,13H,3,6,8,10H2,1-2H3. The molecule has 0 saturated carbocycles. The minimum atomic E-state index is -5.89. The van der Waals surface area contributed by atoms with Crippen molar-refractivity contribution in [1.82, 2.24) is 0 Å². The lowest BCUT2D eigenvalue weighted by Gasteiger charge is -2.17. The fourth-order valence-electron chi connectivity index (χ4n) is 2.04. The van der Waals surface area contributed by atoms with E-state index in [-0.39, 0.29) is 19.4 Å². The molecule has 0 amide bonds. The zero-order valence-corrected chi connectivity index (χ0v) is 14.5. The van der Waals surface area contributed by atoms with E-state index in [2.05, 4.69) is 8.92 Å². The lowest BCUT2D eigenvalue weighted by molar-refractivity contribution is -0.152. The van der Waals surface area contributed by atoms with Crippen LogP contribution < -0.4 is 4.74 Å². The van der Waals surface area contributed by atoms with E-state index in [1.165, 1.54) is 14.0 Å². The maximum Gasteiger partial charge on any atom is 0.523 e. The summed E-state index contributed by atoms with van der Waals surface area (Å²) in [6.07, 6.45) is -1.57. The highest BCUT2D eigenvalue weighted by atomic mass is 32.2. The summed E-state index contributed by atoms with van der Waals surface area (Å²) >= 11 is 0. The van der Waals surface area contributed by atoms with Crippen LogP contribution in [0.1, 0.15) is 25.3 Å². The number of alkyl halides is 3. The van der Waals surface area contributed by atoms with E-state index in [1.54, 1.807) is 24.3 Å². The molecular formula is C15H19F3O6S.